The van der Waals surface area contributed by atoms with Crippen molar-refractivity contribution in [3.63, 3.8) is 0 Å². The molecular formula is C17H16ClIN6O4S2. The second-order valence-electron chi connectivity index (χ2n) is 6.77. The van der Waals surface area contributed by atoms with Gasteiger partial charge in [-0.05, 0) is 46.4 Å². The molecule has 0 saturated heterocycles. The third-order valence-corrected chi connectivity index (χ3v) is 8.88. The van der Waals surface area contributed by atoms with Gasteiger partial charge in [0.2, 0.25) is 20.0 Å². The first-order valence-corrected chi connectivity index (χ1v) is 13.2. The fraction of sp³-hybridized carbons (Fsp3) is 0.176. The minimum Gasteiger partial charge on any atom is -0.370 e. The van der Waals surface area contributed by atoms with Crippen LogP contribution in [0.2, 0.25) is 5.02 Å². The Bertz CT molecular complexity index is 1380. The molecule has 10 nitrogen and oxygen atoms in total. The Hall–Kier alpha value is -1.78. The van der Waals surface area contributed by atoms with Crippen molar-refractivity contribution >= 4 is 59.9 Å². The van der Waals surface area contributed by atoms with E-state index in [1.54, 1.807) is 10.9 Å². The van der Waals surface area contributed by atoms with E-state index in [1.807, 2.05) is 24.3 Å². The van der Waals surface area contributed by atoms with Crippen LogP contribution in [0.4, 0.5) is 5.69 Å². The third-order valence-electron chi connectivity index (χ3n) is 4.62. The lowest BCUT2D eigenvalue weighted by atomic mass is 10.2. The van der Waals surface area contributed by atoms with Crippen LogP contribution in [0.25, 0.3) is 0 Å². The molecule has 1 aliphatic heterocycles. The van der Waals surface area contributed by atoms with E-state index in [2.05, 4.69) is 38.2 Å². The normalized spacial score (nSPS) is 16.0. The first-order valence-electron chi connectivity index (χ1n) is 8.78. The maximum atomic E-state index is 13.1. The summed E-state index contributed by atoms with van der Waals surface area (Å²) in [7, 11) is -8.22. The summed E-state index contributed by atoms with van der Waals surface area (Å²) < 4.78 is 53.5. The molecular weight excluding hydrogens is 579 g/mol. The highest BCUT2D eigenvalue weighted by molar-refractivity contribution is 14.1. The predicted octanol–water partition coefficient (Wildman–Crippen LogP) is 1.81. The van der Waals surface area contributed by atoms with E-state index in [9.17, 15) is 16.8 Å². The Morgan fingerprint density at radius 3 is 2.68 bits per heavy atom. The van der Waals surface area contributed by atoms with Crippen LogP contribution in [0, 0.1) is 3.57 Å². The Balaban J connectivity index is 1.59. The number of hydrogen-bond acceptors (Lipinski definition) is 7. The van der Waals surface area contributed by atoms with Gasteiger partial charge < -0.3 is 5.32 Å². The lowest BCUT2D eigenvalue weighted by Crippen LogP contribution is -2.39. The molecule has 0 bridgehead atoms. The number of fused-ring (bicyclic) bond motifs is 1. The second-order valence-corrected chi connectivity index (χ2v) is 11.8. The van der Waals surface area contributed by atoms with Crippen molar-refractivity contribution in [2.45, 2.75) is 22.9 Å². The molecule has 2 heterocycles. The van der Waals surface area contributed by atoms with Gasteiger partial charge in [0.05, 0.1) is 42.4 Å². The molecule has 0 unspecified atom stereocenters. The monoisotopic (exact) mass is 594 g/mol. The number of rotatable bonds is 5. The second kappa shape index (κ2) is 8.29. The average Bonchev–Trinajstić information content (AvgIpc) is 3.12. The van der Waals surface area contributed by atoms with Gasteiger partial charge in [-0.2, -0.15) is 4.31 Å². The summed E-state index contributed by atoms with van der Waals surface area (Å²) in [5.74, 6) is 0. The van der Waals surface area contributed by atoms with E-state index < -0.39 is 24.9 Å². The number of hydrogen-bond donors (Lipinski definition) is 2. The summed E-state index contributed by atoms with van der Waals surface area (Å²) in [5, 5.41) is 16.1. The van der Waals surface area contributed by atoms with Crippen LogP contribution in [0.3, 0.4) is 0 Å². The molecule has 1 aliphatic rings. The van der Waals surface area contributed by atoms with Crippen LogP contribution in [-0.2, 0) is 33.1 Å². The lowest BCUT2D eigenvalue weighted by molar-refractivity contribution is 0.416. The molecule has 0 fully saturated rings. The molecule has 3 N–H and O–H groups in total. The van der Waals surface area contributed by atoms with Gasteiger partial charge in [0.25, 0.3) is 0 Å². The first-order chi connectivity index (χ1) is 14.6. The maximum absolute atomic E-state index is 13.1. The van der Waals surface area contributed by atoms with E-state index >= 15 is 0 Å². The third kappa shape index (κ3) is 4.56. The quantitative estimate of drug-likeness (QED) is 0.429. The number of halogens is 2. The highest BCUT2D eigenvalue weighted by atomic mass is 127. The molecule has 4 rings (SSSR count). The summed E-state index contributed by atoms with van der Waals surface area (Å²) in [6, 6.07) is 10.0. The molecule has 0 aliphatic carbocycles. The number of nitrogens with one attached hydrogen (secondary N) is 1. The van der Waals surface area contributed by atoms with Crippen LogP contribution in [0.15, 0.2) is 52.4 Å². The van der Waals surface area contributed by atoms with Gasteiger partial charge >= 0.3 is 0 Å². The fourth-order valence-electron chi connectivity index (χ4n) is 3.11. The fourth-order valence-corrected chi connectivity index (χ4v) is 6.34. The zero-order chi connectivity index (χ0) is 22.4. The number of aromatic nitrogens is 3. The van der Waals surface area contributed by atoms with Gasteiger partial charge in [0.1, 0.15) is 9.79 Å². The van der Waals surface area contributed by atoms with Crippen molar-refractivity contribution in [3.05, 3.63) is 62.4 Å². The average molecular weight is 595 g/mol. The predicted molar refractivity (Wildman–Crippen MR) is 122 cm³/mol. The van der Waals surface area contributed by atoms with Crippen molar-refractivity contribution in [1.29, 1.82) is 0 Å². The van der Waals surface area contributed by atoms with E-state index in [0.29, 0.717) is 12.2 Å². The molecule has 14 heteroatoms. The Morgan fingerprint density at radius 1 is 1.23 bits per heavy atom. The molecule has 1 aromatic heterocycles. The molecule has 2 aromatic carbocycles. The highest BCUT2D eigenvalue weighted by Crippen LogP contribution is 2.35. The van der Waals surface area contributed by atoms with Crippen LogP contribution < -0.4 is 10.5 Å². The minimum atomic E-state index is -4.19. The molecule has 31 heavy (non-hydrogen) atoms. The number of nitrogens with zero attached hydrogens (tertiary/aromatic N) is 4. The van der Waals surface area contributed by atoms with Crippen molar-refractivity contribution in [2.75, 3.05) is 12.0 Å². The van der Waals surface area contributed by atoms with E-state index in [0.717, 1.165) is 19.5 Å². The van der Waals surface area contributed by atoms with Crippen LogP contribution in [-0.4, -0.2) is 42.8 Å². The zero-order valence-electron chi connectivity index (χ0n) is 15.7. The summed E-state index contributed by atoms with van der Waals surface area (Å²) in [6.07, 6.45) is 1.67. The number of anilines is 1. The lowest BCUT2D eigenvalue weighted by Gasteiger charge is -2.29. The van der Waals surface area contributed by atoms with E-state index in [1.165, 1.54) is 6.07 Å². The smallest absolute Gasteiger partial charge is 0.247 e. The zero-order valence-corrected chi connectivity index (χ0v) is 20.3. The van der Waals surface area contributed by atoms with Gasteiger partial charge in [-0.25, -0.2) is 26.7 Å². The molecule has 3 aromatic rings. The van der Waals surface area contributed by atoms with Crippen molar-refractivity contribution < 1.29 is 16.8 Å². The minimum absolute atomic E-state index is 0.0379. The van der Waals surface area contributed by atoms with Gasteiger partial charge in [0, 0.05) is 3.57 Å². The topological polar surface area (TPSA) is 140 Å². The van der Waals surface area contributed by atoms with Gasteiger partial charge in [-0.1, -0.05) is 35.0 Å². The van der Waals surface area contributed by atoms with E-state index in [4.69, 9.17) is 16.7 Å². The molecule has 0 spiro atoms. The molecule has 164 valence electrons. The Morgan fingerprint density at radius 2 is 1.97 bits per heavy atom. The molecule has 0 atom stereocenters. The van der Waals surface area contributed by atoms with Crippen LogP contribution >= 0.6 is 34.2 Å². The summed E-state index contributed by atoms with van der Waals surface area (Å²) in [4.78, 5) is -0.679. The SMILES string of the molecule is NS(=O)(=O)c1cc2c(cc1Cl)NCN(Cc1cn(Cc3ccccc3I)nn1)S2(=O)=O. The first kappa shape index (κ1) is 22.4. The van der Waals surface area contributed by atoms with Gasteiger partial charge in [0.15, 0.2) is 0 Å². The Kier molecular flexibility index (Phi) is 5.99. The van der Waals surface area contributed by atoms with Crippen LogP contribution in [0.1, 0.15) is 11.3 Å². The number of sulfonamides is 2. The van der Waals surface area contributed by atoms with E-state index in [-0.39, 0.29) is 28.8 Å². The Labute approximate surface area is 197 Å². The number of benzene rings is 2. The molecule has 0 radical (unpaired) electrons. The van der Waals surface area contributed by atoms with Gasteiger partial charge in [-0.15, -0.1) is 5.10 Å². The number of primary sulfonamides is 1. The standard InChI is InChI=1S/C17H16ClIN6O4S2/c18-13-5-15-17(6-16(13)30(20,26)27)31(28,29)25(10-21-15)9-12-8-24(23-22-12)7-11-3-1-2-4-14(11)19/h1-6,8,21H,7,9-10H2,(H2,20,26,27). The molecule has 0 amide bonds. The van der Waals surface area contributed by atoms with Crippen molar-refractivity contribution in [2.24, 2.45) is 5.14 Å². The summed E-state index contributed by atoms with van der Waals surface area (Å²) >= 11 is 8.19. The number of nitrogens with two attached hydrogens (primary N) is 1. The summed E-state index contributed by atoms with van der Waals surface area (Å²) in [5.41, 5.74) is 1.71. The molecule has 0 saturated carbocycles. The highest BCUT2D eigenvalue weighted by Gasteiger charge is 2.34. The van der Waals surface area contributed by atoms with Gasteiger partial charge in [-0.3, -0.25) is 0 Å². The van der Waals surface area contributed by atoms with Crippen molar-refractivity contribution in [3.8, 4) is 0 Å². The largest absolute Gasteiger partial charge is 0.370 e. The maximum Gasteiger partial charge on any atom is 0.247 e. The summed E-state index contributed by atoms with van der Waals surface area (Å²) in [6.45, 7) is 0.411. The van der Waals surface area contributed by atoms with Crippen molar-refractivity contribution in [1.82, 2.24) is 19.3 Å². The van der Waals surface area contributed by atoms with Crippen LogP contribution in [0.5, 0.6) is 0 Å².